The van der Waals surface area contributed by atoms with Gasteiger partial charge in [-0.3, -0.25) is 28.9 Å². The van der Waals surface area contributed by atoms with Crippen LogP contribution in [0.3, 0.4) is 0 Å². The first kappa shape index (κ1) is 44.5. The minimum atomic E-state index is -0.967. The van der Waals surface area contributed by atoms with Gasteiger partial charge in [-0.2, -0.15) is 0 Å². The van der Waals surface area contributed by atoms with Crippen molar-refractivity contribution in [1.29, 1.82) is 0 Å². The van der Waals surface area contributed by atoms with Crippen molar-refractivity contribution in [2.75, 3.05) is 40.4 Å². The predicted octanol–water partition coefficient (Wildman–Crippen LogP) is 5.26. The number of thiazole rings is 1. The van der Waals surface area contributed by atoms with Crippen LogP contribution in [0.2, 0.25) is 0 Å². The summed E-state index contributed by atoms with van der Waals surface area (Å²) in [5.41, 5.74) is 2.66. The number of rotatable bonds is 20. The number of carboxylic acid groups (broad SMARTS) is 1. The van der Waals surface area contributed by atoms with Crippen LogP contribution in [0.5, 0.6) is 0 Å². The van der Waals surface area contributed by atoms with Gasteiger partial charge in [0.15, 0.2) is 6.10 Å². The smallest absolute Gasteiger partial charge is 0.311 e. The number of amides is 3. The summed E-state index contributed by atoms with van der Waals surface area (Å²) in [6.07, 6.45) is 2.91. The Bertz CT molecular complexity index is 1580. The maximum absolute atomic E-state index is 14.6. The van der Waals surface area contributed by atoms with Crippen molar-refractivity contribution in [1.82, 2.24) is 25.4 Å². The Morgan fingerprint density at radius 3 is 2.46 bits per heavy atom. The highest BCUT2D eigenvalue weighted by atomic mass is 32.1. The second kappa shape index (κ2) is 21.3. The Hall–Kier alpha value is -3.88. The molecule has 1 saturated heterocycles. The fourth-order valence-corrected chi connectivity index (χ4v) is 7.87. The van der Waals surface area contributed by atoms with E-state index in [1.165, 1.54) is 18.3 Å². The van der Waals surface area contributed by atoms with Crippen molar-refractivity contribution in [2.24, 2.45) is 11.8 Å². The van der Waals surface area contributed by atoms with Crippen LogP contribution < -0.4 is 10.6 Å². The minimum absolute atomic E-state index is 0.0939. The van der Waals surface area contributed by atoms with E-state index < -0.39 is 42.0 Å². The van der Waals surface area contributed by atoms with Crippen LogP contribution in [0.25, 0.3) is 0 Å². The Morgan fingerprint density at radius 2 is 1.85 bits per heavy atom. The van der Waals surface area contributed by atoms with Gasteiger partial charge in [0.05, 0.1) is 18.6 Å². The average Bonchev–Trinajstić information content (AvgIpc) is 3.62. The zero-order valence-corrected chi connectivity index (χ0v) is 34.3. The predicted molar refractivity (Wildman–Crippen MR) is 208 cm³/mol. The number of nitrogens with zero attached hydrogens (tertiary/aromatic N) is 3. The van der Waals surface area contributed by atoms with Gasteiger partial charge in [0.25, 0.3) is 5.91 Å². The highest BCUT2D eigenvalue weighted by molar-refractivity contribution is 7.09. The van der Waals surface area contributed by atoms with Gasteiger partial charge in [0.1, 0.15) is 16.7 Å². The van der Waals surface area contributed by atoms with Crippen molar-refractivity contribution in [3.05, 3.63) is 51.0 Å². The number of methoxy groups -OCH3 is 1. The molecular formula is C40H61N5O8S. The number of aromatic nitrogens is 1. The van der Waals surface area contributed by atoms with E-state index in [0.29, 0.717) is 17.0 Å². The van der Waals surface area contributed by atoms with Gasteiger partial charge < -0.3 is 30.1 Å². The number of carboxylic acids is 1. The number of hydrogen-bond acceptors (Lipinski definition) is 10. The third kappa shape index (κ3) is 12.3. The average molecular weight is 772 g/mol. The minimum Gasteiger partial charge on any atom is -0.481 e. The highest BCUT2D eigenvalue weighted by Crippen LogP contribution is 2.32. The first-order valence-corrected chi connectivity index (χ1v) is 20.0. The van der Waals surface area contributed by atoms with Gasteiger partial charge in [0.2, 0.25) is 11.8 Å². The standard InChI is InChI=1S/C40H61N5O8S/c1-10-26(5)35(43-37(48)32-13-11-12-18-44(32)8)39(49)45(19-20-52-9)33(24(2)3)22-34(53-28(7)46)38-42-31(23-54-38)36(47)41-17-16-29(40(50)51)30-21-25(4)14-15-27(30)6/h14-15,21,23-24,26,29,32-35H,10-13,16-20,22H2,1-9H3,(H,41,47)(H,43,48)(H,50,51)/t26?,29-,32?,33-,34-,35?/m1/s1. The van der Waals surface area contributed by atoms with Gasteiger partial charge in [0, 0.05) is 45.0 Å². The largest absolute Gasteiger partial charge is 0.481 e. The molecule has 0 bridgehead atoms. The summed E-state index contributed by atoms with van der Waals surface area (Å²) in [5, 5.41) is 17.8. The molecule has 0 aliphatic carbocycles. The molecule has 1 aliphatic rings. The molecule has 1 fully saturated rings. The molecule has 300 valence electrons. The summed E-state index contributed by atoms with van der Waals surface area (Å²) in [6, 6.07) is 4.17. The number of ether oxygens (including phenoxy) is 2. The summed E-state index contributed by atoms with van der Waals surface area (Å²) in [6.45, 7) is 14.5. The van der Waals surface area contributed by atoms with Crippen LogP contribution >= 0.6 is 11.3 Å². The van der Waals surface area contributed by atoms with Gasteiger partial charge in [-0.05, 0) is 69.7 Å². The molecule has 0 spiro atoms. The molecule has 0 radical (unpaired) electrons. The summed E-state index contributed by atoms with van der Waals surface area (Å²) < 4.78 is 11.2. The normalized spacial score (nSPS) is 17.6. The van der Waals surface area contributed by atoms with Crippen molar-refractivity contribution in [3.63, 3.8) is 0 Å². The van der Waals surface area contributed by atoms with Gasteiger partial charge in [-0.25, -0.2) is 4.98 Å². The van der Waals surface area contributed by atoms with E-state index >= 15 is 0 Å². The van der Waals surface area contributed by atoms with Crippen molar-refractivity contribution in [2.45, 2.75) is 117 Å². The summed E-state index contributed by atoms with van der Waals surface area (Å²) in [5.74, 6) is -3.39. The number of likely N-dealkylation sites (tertiary alicyclic amines) is 1. The fraction of sp³-hybridized carbons (Fsp3) is 0.650. The topological polar surface area (TPSA) is 167 Å². The second-order valence-corrected chi connectivity index (χ2v) is 15.8. The number of nitrogens with one attached hydrogen (secondary N) is 2. The molecule has 54 heavy (non-hydrogen) atoms. The molecule has 1 aliphatic heterocycles. The summed E-state index contributed by atoms with van der Waals surface area (Å²) in [7, 11) is 3.50. The number of carbonyl (C=O) groups is 5. The fourth-order valence-electron chi connectivity index (χ4n) is 7.03. The lowest BCUT2D eigenvalue weighted by Crippen LogP contribution is -2.59. The van der Waals surface area contributed by atoms with Crippen LogP contribution in [0.15, 0.2) is 23.6 Å². The lowest BCUT2D eigenvalue weighted by atomic mass is 9.91. The molecule has 2 aromatic rings. The maximum Gasteiger partial charge on any atom is 0.311 e. The molecule has 3 amide bonds. The van der Waals surface area contributed by atoms with Crippen molar-refractivity contribution >= 4 is 41.0 Å². The monoisotopic (exact) mass is 771 g/mol. The zero-order valence-electron chi connectivity index (χ0n) is 33.5. The molecular weight excluding hydrogens is 711 g/mol. The first-order valence-electron chi connectivity index (χ1n) is 19.1. The number of esters is 1. The quantitative estimate of drug-likeness (QED) is 0.151. The molecule has 3 N–H and O–H groups in total. The van der Waals surface area contributed by atoms with Crippen LogP contribution in [-0.4, -0.2) is 108 Å². The first-order chi connectivity index (χ1) is 25.6. The van der Waals surface area contributed by atoms with Crippen molar-refractivity contribution in [3.8, 4) is 0 Å². The van der Waals surface area contributed by atoms with E-state index in [0.717, 1.165) is 36.9 Å². The highest BCUT2D eigenvalue weighted by Gasteiger charge is 2.38. The maximum atomic E-state index is 14.6. The Kier molecular flexibility index (Phi) is 17.5. The summed E-state index contributed by atoms with van der Waals surface area (Å²) >= 11 is 1.17. The SMILES string of the molecule is CCC(C)C(NC(=O)C1CCCCN1C)C(=O)N(CCOC)[C@H](C[C@@H](OC(C)=O)c1nc(C(=O)NCC[C@@H](C(=O)O)c2cc(C)ccc2C)cs1)C(C)C. The van der Waals surface area contributed by atoms with E-state index in [2.05, 4.69) is 15.6 Å². The number of benzene rings is 1. The Labute approximate surface area is 324 Å². The van der Waals surface area contributed by atoms with Crippen LogP contribution in [0, 0.1) is 25.7 Å². The molecule has 14 heteroatoms. The van der Waals surface area contributed by atoms with Gasteiger partial charge in [-0.1, -0.05) is 64.3 Å². The van der Waals surface area contributed by atoms with Gasteiger partial charge in [-0.15, -0.1) is 11.3 Å². The molecule has 6 atom stereocenters. The second-order valence-electron chi connectivity index (χ2n) is 14.9. The number of aliphatic carboxylic acids is 1. The number of likely N-dealkylation sites (N-methyl/N-ethyl adjacent to an activating group) is 1. The molecule has 2 heterocycles. The molecule has 3 rings (SSSR count). The summed E-state index contributed by atoms with van der Waals surface area (Å²) in [4.78, 5) is 74.3. The van der Waals surface area contributed by atoms with E-state index in [9.17, 15) is 29.1 Å². The van der Waals surface area contributed by atoms with Crippen LogP contribution in [-0.2, 0) is 28.7 Å². The molecule has 0 saturated carbocycles. The third-order valence-electron chi connectivity index (χ3n) is 10.5. The third-order valence-corrected chi connectivity index (χ3v) is 11.4. The Balaban J connectivity index is 1.83. The van der Waals surface area contributed by atoms with E-state index in [4.69, 9.17) is 9.47 Å². The number of carbonyl (C=O) groups excluding carboxylic acids is 4. The molecule has 1 aromatic carbocycles. The van der Waals surface area contributed by atoms with E-state index in [1.807, 2.05) is 71.7 Å². The van der Waals surface area contributed by atoms with Crippen molar-refractivity contribution < 1.29 is 38.6 Å². The van der Waals surface area contributed by atoms with Gasteiger partial charge >= 0.3 is 11.9 Å². The molecule has 3 unspecified atom stereocenters. The van der Waals surface area contributed by atoms with E-state index in [1.54, 1.807) is 17.4 Å². The van der Waals surface area contributed by atoms with Crippen LogP contribution in [0.1, 0.15) is 117 Å². The molecule has 13 nitrogen and oxygen atoms in total. The number of hydrogen-bond donors (Lipinski definition) is 3. The lowest BCUT2D eigenvalue weighted by Gasteiger charge is -2.40. The Morgan fingerprint density at radius 1 is 1.13 bits per heavy atom. The van der Waals surface area contributed by atoms with Crippen LogP contribution in [0.4, 0.5) is 0 Å². The zero-order chi connectivity index (χ0) is 40.1. The lowest BCUT2D eigenvalue weighted by molar-refractivity contribution is -0.150. The number of aryl methyl sites for hydroxylation is 2. The van der Waals surface area contributed by atoms with E-state index in [-0.39, 0.29) is 67.9 Å². The molecule has 1 aromatic heterocycles. The number of piperidine rings is 1.